The summed E-state index contributed by atoms with van der Waals surface area (Å²) < 4.78 is 39.6. The van der Waals surface area contributed by atoms with Gasteiger partial charge < -0.3 is 0 Å². The molecule has 0 aliphatic rings. The lowest BCUT2D eigenvalue weighted by Crippen LogP contribution is -2.14. The second-order valence-electron chi connectivity index (χ2n) is 3.79. The third-order valence-electron chi connectivity index (χ3n) is 2.32. The van der Waals surface area contributed by atoms with Crippen LogP contribution in [0, 0.1) is 5.82 Å². The number of benzene rings is 1. The zero-order valence-corrected chi connectivity index (χ0v) is 13.7. The lowest BCUT2D eigenvalue weighted by molar-refractivity contribution is 0.600. The molecule has 0 fully saturated rings. The highest BCUT2D eigenvalue weighted by Gasteiger charge is 2.20. The largest absolute Gasteiger partial charge is 0.277 e. The molecule has 0 amide bonds. The number of nitrogens with one attached hydrogen (secondary N) is 1. The Hall–Kier alpha value is -0.790. The lowest BCUT2D eigenvalue weighted by Gasteiger charge is -2.11. The molecule has 0 saturated carbocycles. The van der Waals surface area contributed by atoms with Crippen molar-refractivity contribution >= 4 is 62.1 Å². The summed E-state index contributed by atoms with van der Waals surface area (Å²) in [5.41, 5.74) is -0.147. The Morgan fingerprint density at radius 3 is 2.10 bits per heavy atom. The summed E-state index contributed by atoms with van der Waals surface area (Å²) in [6, 6.07) is 2.97. The van der Waals surface area contributed by atoms with Crippen LogP contribution in [-0.4, -0.2) is 13.4 Å². The number of rotatable bonds is 3. The van der Waals surface area contributed by atoms with Gasteiger partial charge in [-0.15, -0.1) is 0 Å². The lowest BCUT2D eigenvalue weighted by atomic mass is 10.3. The van der Waals surface area contributed by atoms with Gasteiger partial charge in [0, 0.05) is 6.20 Å². The number of hydrogen-bond donors (Lipinski definition) is 1. The molecule has 0 atom stereocenters. The van der Waals surface area contributed by atoms with Gasteiger partial charge >= 0.3 is 0 Å². The minimum atomic E-state index is -4.06. The Bertz CT molecular complexity index is 791. The monoisotopic (exact) mass is 388 g/mol. The first-order chi connectivity index (χ1) is 9.70. The van der Waals surface area contributed by atoms with E-state index in [-0.39, 0.29) is 30.8 Å². The summed E-state index contributed by atoms with van der Waals surface area (Å²) >= 11 is 22.9. The molecule has 0 spiro atoms. The molecule has 1 N–H and O–H groups in total. The van der Waals surface area contributed by atoms with Crippen molar-refractivity contribution in [1.29, 1.82) is 0 Å². The predicted octanol–water partition coefficient (Wildman–Crippen LogP) is 4.64. The molecule has 4 nitrogen and oxygen atoms in total. The van der Waals surface area contributed by atoms with Crippen LogP contribution in [0.1, 0.15) is 0 Å². The van der Waals surface area contributed by atoms with Gasteiger partial charge in [-0.3, -0.25) is 4.72 Å². The highest BCUT2D eigenvalue weighted by molar-refractivity contribution is 7.92. The SMILES string of the molecule is O=S(=O)(Nc1c(Cl)cc(F)cc1Cl)c1cnc(Cl)c(Cl)c1. The minimum Gasteiger partial charge on any atom is -0.277 e. The van der Waals surface area contributed by atoms with Crippen LogP contribution >= 0.6 is 46.4 Å². The van der Waals surface area contributed by atoms with Crippen LogP contribution in [0.15, 0.2) is 29.3 Å². The van der Waals surface area contributed by atoms with E-state index < -0.39 is 15.8 Å². The van der Waals surface area contributed by atoms with Gasteiger partial charge in [-0.2, -0.15) is 0 Å². The Morgan fingerprint density at radius 2 is 1.57 bits per heavy atom. The second-order valence-corrected chi connectivity index (χ2v) is 7.06. The first kappa shape index (κ1) is 16.6. The maximum Gasteiger partial charge on any atom is 0.263 e. The number of anilines is 1. The van der Waals surface area contributed by atoms with Gasteiger partial charge in [-0.25, -0.2) is 17.8 Å². The standard InChI is InChI=1S/C11H5Cl4FN2O2S/c12-7-1-5(16)2-8(13)10(7)18-21(19,20)6-3-9(14)11(15)17-4-6/h1-4,18H. The number of pyridine rings is 1. The average Bonchev–Trinajstić information content (AvgIpc) is 2.37. The van der Waals surface area contributed by atoms with Crippen molar-refractivity contribution in [2.24, 2.45) is 0 Å². The van der Waals surface area contributed by atoms with Crippen LogP contribution in [0.4, 0.5) is 10.1 Å². The van der Waals surface area contributed by atoms with E-state index in [9.17, 15) is 12.8 Å². The Labute approximate surface area is 139 Å². The van der Waals surface area contributed by atoms with E-state index in [4.69, 9.17) is 46.4 Å². The predicted molar refractivity (Wildman–Crippen MR) is 81.5 cm³/mol. The molecule has 0 aliphatic heterocycles. The Balaban J connectivity index is 2.44. The molecular weight excluding hydrogens is 385 g/mol. The fraction of sp³-hybridized carbons (Fsp3) is 0. The molecule has 2 aromatic rings. The molecule has 0 aliphatic carbocycles. The number of sulfonamides is 1. The maximum absolute atomic E-state index is 13.1. The van der Waals surface area contributed by atoms with Crippen molar-refractivity contribution in [1.82, 2.24) is 4.98 Å². The zero-order chi connectivity index (χ0) is 15.8. The molecular formula is C11H5Cl4FN2O2S. The van der Waals surface area contributed by atoms with E-state index in [0.29, 0.717) is 0 Å². The van der Waals surface area contributed by atoms with E-state index >= 15 is 0 Å². The average molecular weight is 390 g/mol. The zero-order valence-electron chi connectivity index (χ0n) is 9.87. The van der Waals surface area contributed by atoms with Crippen LogP contribution < -0.4 is 4.72 Å². The summed E-state index contributed by atoms with van der Waals surface area (Å²) in [5.74, 6) is -0.691. The van der Waals surface area contributed by atoms with Crippen molar-refractivity contribution in [2.75, 3.05) is 4.72 Å². The van der Waals surface area contributed by atoms with Crippen LogP contribution in [0.25, 0.3) is 0 Å². The first-order valence-electron chi connectivity index (χ1n) is 5.19. The first-order valence-corrected chi connectivity index (χ1v) is 8.18. The van der Waals surface area contributed by atoms with Crippen LogP contribution in [0.5, 0.6) is 0 Å². The van der Waals surface area contributed by atoms with Crippen molar-refractivity contribution in [3.05, 3.63) is 50.4 Å². The fourth-order valence-corrected chi connectivity index (χ4v) is 3.46. The molecule has 10 heteroatoms. The molecule has 0 saturated heterocycles. The molecule has 1 aromatic heterocycles. The van der Waals surface area contributed by atoms with Crippen molar-refractivity contribution in [2.45, 2.75) is 4.90 Å². The van der Waals surface area contributed by atoms with Crippen LogP contribution in [0.2, 0.25) is 20.2 Å². The molecule has 0 radical (unpaired) electrons. The van der Waals surface area contributed by atoms with Gasteiger partial charge in [0.25, 0.3) is 10.0 Å². The van der Waals surface area contributed by atoms with Gasteiger partial charge in [-0.05, 0) is 18.2 Å². The summed E-state index contributed by atoms with van der Waals surface area (Å²) in [4.78, 5) is 3.39. The highest BCUT2D eigenvalue weighted by atomic mass is 35.5. The molecule has 21 heavy (non-hydrogen) atoms. The third-order valence-corrected chi connectivity index (χ3v) is 4.92. The van der Waals surface area contributed by atoms with Crippen molar-refractivity contribution in [3.8, 4) is 0 Å². The van der Waals surface area contributed by atoms with Gasteiger partial charge in [0.2, 0.25) is 0 Å². The van der Waals surface area contributed by atoms with E-state index in [2.05, 4.69) is 9.71 Å². The Morgan fingerprint density at radius 1 is 1.00 bits per heavy atom. The number of halogens is 5. The maximum atomic E-state index is 13.1. The molecule has 1 aromatic carbocycles. The number of aromatic nitrogens is 1. The van der Waals surface area contributed by atoms with Crippen molar-refractivity contribution < 1.29 is 12.8 Å². The van der Waals surface area contributed by atoms with Gasteiger partial charge in [0.1, 0.15) is 15.9 Å². The van der Waals surface area contributed by atoms with E-state index in [1.807, 2.05) is 0 Å². The van der Waals surface area contributed by atoms with E-state index in [0.717, 1.165) is 24.4 Å². The van der Waals surface area contributed by atoms with Crippen LogP contribution in [-0.2, 0) is 10.0 Å². The van der Waals surface area contributed by atoms with Crippen LogP contribution in [0.3, 0.4) is 0 Å². The van der Waals surface area contributed by atoms with Gasteiger partial charge in [-0.1, -0.05) is 46.4 Å². The molecule has 112 valence electrons. The summed E-state index contributed by atoms with van der Waals surface area (Å²) in [5, 5.41) is -0.433. The molecule has 0 bridgehead atoms. The summed E-state index contributed by atoms with van der Waals surface area (Å²) in [7, 11) is -4.06. The smallest absolute Gasteiger partial charge is 0.263 e. The van der Waals surface area contributed by atoms with Gasteiger partial charge in [0.05, 0.1) is 20.8 Å². The second kappa shape index (κ2) is 6.14. The quantitative estimate of drug-likeness (QED) is 0.778. The van der Waals surface area contributed by atoms with Gasteiger partial charge in [0.15, 0.2) is 0 Å². The molecule has 1 heterocycles. The third kappa shape index (κ3) is 3.70. The van der Waals surface area contributed by atoms with Crippen molar-refractivity contribution in [3.63, 3.8) is 0 Å². The molecule has 0 unspecified atom stereocenters. The number of hydrogen-bond acceptors (Lipinski definition) is 3. The van der Waals surface area contributed by atoms with E-state index in [1.165, 1.54) is 0 Å². The summed E-state index contributed by atoms with van der Waals surface area (Å²) in [6.07, 6.45) is 1.02. The normalized spacial score (nSPS) is 11.5. The van der Waals surface area contributed by atoms with E-state index in [1.54, 1.807) is 0 Å². The number of nitrogens with zero attached hydrogens (tertiary/aromatic N) is 1. The fourth-order valence-electron chi connectivity index (χ4n) is 1.38. The molecule has 2 rings (SSSR count). The highest BCUT2D eigenvalue weighted by Crippen LogP contribution is 2.33. The Kier molecular flexibility index (Phi) is 4.85. The minimum absolute atomic E-state index is 0.0316. The topological polar surface area (TPSA) is 59.1 Å². The summed E-state index contributed by atoms with van der Waals surface area (Å²) in [6.45, 7) is 0.